The fourth-order valence-electron chi connectivity index (χ4n) is 4.30. The number of carbonyl (C=O) groups excluding carboxylic acids is 3. The van der Waals surface area contributed by atoms with Crippen molar-refractivity contribution >= 4 is 41.1 Å². The molecule has 0 fully saturated rings. The maximum absolute atomic E-state index is 12.6. The molecule has 0 saturated carbocycles. The van der Waals surface area contributed by atoms with E-state index in [9.17, 15) is 34.4 Å². The number of benzene rings is 3. The molecule has 3 aromatic carbocycles. The van der Waals surface area contributed by atoms with Gasteiger partial charge in [0.1, 0.15) is 12.6 Å². The molecular weight excluding hydrogens is 532 g/mol. The minimum atomic E-state index is -1.56. The summed E-state index contributed by atoms with van der Waals surface area (Å²) in [4.78, 5) is 59.1. The number of non-ortho nitro benzene ring substituents is 1. The van der Waals surface area contributed by atoms with E-state index < -0.39 is 53.5 Å². The fraction of sp³-hybridized carbons (Fsp3) is 0.185. The van der Waals surface area contributed by atoms with Crippen LogP contribution in [0.1, 0.15) is 33.8 Å². The number of rotatable bonds is 10. The SMILES string of the molecule is O=C(O)C[C@H](NC(=O)OCC1c2ccccc2-c2ccccc21)C(=O)COC(=O)c1cc([N+](=O)[O-])ccc1Cl. The molecule has 0 aromatic heterocycles. The maximum atomic E-state index is 12.6. The Labute approximate surface area is 226 Å². The van der Waals surface area contributed by atoms with E-state index in [1.165, 1.54) is 0 Å². The minimum absolute atomic E-state index is 0.0614. The number of nitrogens with zero attached hydrogens (tertiary/aromatic N) is 1. The molecule has 1 aliphatic carbocycles. The van der Waals surface area contributed by atoms with Crippen LogP contribution in [0.2, 0.25) is 5.02 Å². The summed E-state index contributed by atoms with van der Waals surface area (Å²) in [5, 5.41) is 22.2. The summed E-state index contributed by atoms with van der Waals surface area (Å²) in [6, 6.07) is 16.9. The molecule has 1 aliphatic rings. The first-order valence-electron chi connectivity index (χ1n) is 11.6. The predicted molar refractivity (Wildman–Crippen MR) is 138 cm³/mol. The van der Waals surface area contributed by atoms with Crippen LogP contribution in [0.3, 0.4) is 0 Å². The van der Waals surface area contributed by atoms with Crippen molar-refractivity contribution in [1.82, 2.24) is 5.32 Å². The van der Waals surface area contributed by atoms with E-state index in [1.54, 1.807) is 0 Å². The summed E-state index contributed by atoms with van der Waals surface area (Å²) in [5.41, 5.74) is 3.21. The van der Waals surface area contributed by atoms with Crippen LogP contribution < -0.4 is 5.32 Å². The molecule has 1 amide bonds. The Kier molecular flexibility index (Phi) is 8.21. The van der Waals surface area contributed by atoms with Gasteiger partial charge in [-0.3, -0.25) is 19.7 Å². The molecule has 4 rings (SSSR count). The van der Waals surface area contributed by atoms with Gasteiger partial charge in [-0.1, -0.05) is 60.1 Å². The number of carbonyl (C=O) groups is 4. The molecule has 1 atom stereocenters. The maximum Gasteiger partial charge on any atom is 0.407 e. The van der Waals surface area contributed by atoms with Crippen LogP contribution in [0.15, 0.2) is 66.7 Å². The molecule has 0 spiro atoms. The number of ether oxygens (including phenoxy) is 2. The monoisotopic (exact) mass is 552 g/mol. The lowest BCUT2D eigenvalue weighted by atomic mass is 9.98. The van der Waals surface area contributed by atoms with Gasteiger partial charge in [-0.05, 0) is 28.3 Å². The Morgan fingerprint density at radius 1 is 0.974 bits per heavy atom. The third kappa shape index (κ3) is 6.21. The summed E-state index contributed by atoms with van der Waals surface area (Å²) >= 11 is 5.90. The first-order valence-corrected chi connectivity index (χ1v) is 12.0. The molecule has 200 valence electrons. The Hall–Kier alpha value is -4.77. The summed E-state index contributed by atoms with van der Waals surface area (Å²) in [7, 11) is 0. The van der Waals surface area contributed by atoms with Crippen molar-refractivity contribution in [2.75, 3.05) is 13.2 Å². The molecule has 0 aliphatic heterocycles. The average Bonchev–Trinajstić information content (AvgIpc) is 3.23. The van der Waals surface area contributed by atoms with Gasteiger partial charge in [0.05, 0.1) is 21.9 Å². The number of ketones is 1. The van der Waals surface area contributed by atoms with E-state index in [0.29, 0.717) is 0 Å². The van der Waals surface area contributed by atoms with Crippen LogP contribution in [0, 0.1) is 10.1 Å². The van der Waals surface area contributed by atoms with Gasteiger partial charge >= 0.3 is 18.0 Å². The zero-order chi connectivity index (χ0) is 28.1. The molecule has 0 unspecified atom stereocenters. The Morgan fingerprint density at radius 3 is 2.18 bits per heavy atom. The third-order valence-electron chi connectivity index (χ3n) is 6.13. The molecule has 2 N–H and O–H groups in total. The van der Waals surface area contributed by atoms with Crippen molar-refractivity contribution in [3.63, 3.8) is 0 Å². The smallest absolute Gasteiger partial charge is 0.407 e. The number of esters is 1. The van der Waals surface area contributed by atoms with Gasteiger partial charge in [0.25, 0.3) is 5.69 Å². The van der Waals surface area contributed by atoms with E-state index in [0.717, 1.165) is 40.5 Å². The van der Waals surface area contributed by atoms with E-state index in [1.807, 2.05) is 48.5 Å². The highest BCUT2D eigenvalue weighted by molar-refractivity contribution is 6.33. The first kappa shape index (κ1) is 27.3. The highest BCUT2D eigenvalue weighted by Crippen LogP contribution is 2.44. The predicted octanol–water partition coefficient (Wildman–Crippen LogP) is 4.36. The summed E-state index contributed by atoms with van der Waals surface area (Å²) in [5.74, 6) is -3.70. The van der Waals surface area contributed by atoms with Gasteiger partial charge in [-0.15, -0.1) is 0 Å². The lowest BCUT2D eigenvalue weighted by Gasteiger charge is -2.18. The van der Waals surface area contributed by atoms with E-state index in [2.05, 4.69) is 5.32 Å². The van der Waals surface area contributed by atoms with Gasteiger partial charge in [0.15, 0.2) is 12.4 Å². The van der Waals surface area contributed by atoms with Crippen molar-refractivity contribution in [3.05, 3.63) is 98.6 Å². The minimum Gasteiger partial charge on any atom is -0.481 e. The Balaban J connectivity index is 1.38. The van der Waals surface area contributed by atoms with Crippen molar-refractivity contribution in [2.45, 2.75) is 18.4 Å². The lowest BCUT2D eigenvalue weighted by molar-refractivity contribution is -0.384. The van der Waals surface area contributed by atoms with Crippen LogP contribution in [-0.4, -0.2) is 53.1 Å². The quantitative estimate of drug-likeness (QED) is 0.211. The number of amides is 1. The van der Waals surface area contributed by atoms with Crippen LogP contribution >= 0.6 is 11.6 Å². The number of Topliss-reactive ketones (excluding diaryl/α,β-unsaturated/α-hetero) is 1. The number of fused-ring (bicyclic) bond motifs is 3. The van der Waals surface area contributed by atoms with Crippen LogP contribution in [0.25, 0.3) is 11.1 Å². The van der Waals surface area contributed by atoms with Crippen molar-refractivity contribution in [2.24, 2.45) is 0 Å². The second-order valence-electron chi connectivity index (χ2n) is 8.58. The standard InChI is InChI=1S/C27H21ClN2O9/c28-22-10-9-15(30(36)37)11-20(22)26(34)38-14-24(31)23(12-25(32)33)29-27(35)39-13-21-18-7-3-1-5-16(18)17-6-2-4-8-19(17)21/h1-11,21,23H,12-14H2,(H,29,35)(H,32,33)/t23-/m0/s1. The molecule has 0 heterocycles. The summed E-state index contributed by atoms with van der Waals surface area (Å²) in [6.45, 7) is -0.979. The van der Waals surface area contributed by atoms with Crippen LogP contribution in [0.5, 0.6) is 0 Å². The molecule has 0 saturated heterocycles. The Morgan fingerprint density at radius 2 is 1.59 bits per heavy atom. The molecule has 39 heavy (non-hydrogen) atoms. The van der Waals surface area contributed by atoms with Crippen LogP contribution in [-0.2, 0) is 19.1 Å². The van der Waals surface area contributed by atoms with Crippen molar-refractivity contribution < 1.29 is 38.7 Å². The van der Waals surface area contributed by atoms with Crippen LogP contribution in [0.4, 0.5) is 10.5 Å². The van der Waals surface area contributed by atoms with E-state index in [-0.39, 0.29) is 23.1 Å². The van der Waals surface area contributed by atoms with Gasteiger partial charge < -0.3 is 19.9 Å². The van der Waals surface area contributed by atoms with Crippen molar-refractivity contribution in [3.8, 4) is 11.1 Å². The largest absolute Gasteiger partial charge is 0.481 e. The zero-order valence-electron chi connectivity index (χ0n) is 20.2. The number of carboxylic acids is 1. The molecule has 11 nitrogen and oxygen atoms in total. The summed E-state index contributed by atoms with van der Waals surface area (Å²) in [6.07, 6.45) is -1.82. The normalized spacial score (nSPS) is 12.5. The van der Waals surface area contributed by atoms with Gasteiger partial charge in [0.2, 0.25) is 0 Å². The zero-order valence-corrected chi connectivity index (χ0v) is 20.9. The highest BCUT2D eigenvalue weighted by atomic mass is 35.5. The molecular formula is C27H21ClN2O9. The first-order chi connectivity index (χ1) is 18.7. The van der Waals surface area contributed by atoms with Crippen molar-refractivity contribution in [1.29, 1.82) is 0 Å². The van der Waals surface area contributed by atoms with E-state index >= 15 is 0 Å². The number of nitrogens with one attached hydrogen (secondary N) is 1. The van der Waals surface area contributed by atoms with Gasteiger partial charge in [-0.2, -0.15) is 0 Å². The average molecular weight is 553 g/mol. The fourth-order valence-corrected chi connectivity index (χ4v) is 4.50. The van der Waals surface area contributed by atoms with Gasteiger partial charge in [0, 0.05) is 18.1 Å². The molecule has 0 radical (unpaired) electrons. The summed E-state index contributed by atoms with van der Waals surface area (Å²) < 4.78 is 10.3. The Bertz CT molecular complexity index is 1430. The molecule has 12 heteroatoms. The van der Waals surface area contributed by atoms with Gasteiger partial charge in [-0.25, -0.2) is 9.59 Å². The number of nitro benzene ring substituents is 1. The second kappa shape index (κ2) is 11.7. The molecule has 3 aromatic rings. The third-order valence-corrected chi connectivity index (χ3v) is 6.46. The number of hydrogen-bond donors (Lipinski definition) is 2. The number of aliphatic carboxylic acids is 1. The number of alkyl carbamates (subject to hydrolysis) is 1. The van der Waals surface area contributed by atoms with E-state index in [4.69, 9.17) is 21.1 Å². The number of hydrogen-bond acceptors (Lipinski definition) is 8. The topological polar surface area (TPSA) is 162 Å². The second-order valence-corrected chi connectivity index (χ2v) is 8.99. The number of carboxylic acid groups (broad SMARTS) is 1. The lowest BCUT2D eigenvalue weighted by Crippen LogP contribution is -2.44. The number of nitro groups is 1. The molecule has 0 bridgehead atoms. The number of halogens is 1. The highest BCUT2D eigenvalue weighted by Gasteiger charge is 2.30.